The minimum Gasteiger partial charge on any atom is -0.480 e. The fourth-order valence-electron chi connectivity index (χ4n) is 5.99. The Balaban J connectivity index is 1.49. The zero-order chi connectivity index (χ0) is 26.6. The number of hydrogen-bond acceptors (Lipinski definition) is 3. The van der Waals surface area contributed by atoms with E-state index in [-0.39, 0.29) is 24.4 Å². The highest BCUT2D eigenvalue weighted by Crippen LogP contribution is 2.37. The molecule has 2 heterocycles. The van der Waals surface area contributed by atoms with E-state index in [2.05, 4.69) is 0 Å². The number of carboxylic acid groups (broad SMARTS) is 1. The van der Waals surface area contributed by atoms with Gasteiger partial charge in [-0.3, -0.25) is 9.59 Å². The van der Waals surface area contributed by atoms with Crippen LogP contribution in [0.5, 0.6) is 0 Å². The van der Waals surface area contributed by atoms with Gasteiger partial charge in [-0.25, -0.2) is 4.79 Å². The minimum absolute atomic E-state index is 0.162. The lowest BCUT2D eigenvalue weighted by Crippen LogP contribution is -2.70. The third-order valence-electron chi connectivity index (χ3n) is 7.70. The molecule has 1 N–H and O–H groups in total. The van der Waals surface area contributed by atoms with Gasteiger partial charge in [0.25, 0.3) is 0 Å². The molecule has 0 saturated carbocycles. The van der Waals surface area contributed by atoms with Crippen molar-refractivity contribution in [2.75, 3.05) is 6.54 Å². The number of carbonyl (C=O) groups excluding carboxylic acids is 2. The van der Waals surface area contributed by atoms with Gasteiger partial charge in [0.2, 0.25) is 11.8 Å². The van der Waals surface area contributed by atoms with E-state index in [0.29, 0.717) is 12.0 Å². The second-order valence-corrected chi connectivity index (χ2v) is 10.1. The quantitative estimate of drug-likeness (QED) is 0.477. The number of carbonyl (C=O) groups is 3. The Morgan fingerprint density at radius 1 is 0.842 bits per heavy atom. The number of nitrogens with zero attached hydrogens (tertiary/aromatic N) is 2. The maximum atomic E-state index is 14.2. The zero-order valence-corrected chi connectivity index (χ0v) is 21.4. The molecule has 0 spiro atoms. The Kier molecular flexibility index (Phi) is 7.40. The van der Waals surface area contributed by atoms with E-state index in [1.54, 1.807) is 11.8 Å². The van der Waals surface area contributed by atoms with E-state index in [1.807, 2.05) is 97.1 Å². The molecule has 5 rings (SSSR count). The van der Waals surface area contributed by atoms with Crippen molar-refractivity contribution in [1.82, 2.24) is 9.80 Å². The first-order chi connectivity index (χ1) is 18.5. The van der Waals surface area contributed by atoms with Crippen molar-refractivity contribution in [1.29, 1.82) is 0 Å². The number of likely N-dealkylation sites (tertiary alicyclic amines) is 1. The largest absolute Gasteiger partial charge is 0.480 e. The molecule has 3 atom stereocenters. The molecule has 3 aromatic carbocycles. The van der Waals surface area contributed by atoms with Crippen molar-refractivity contribution >= 4 is 23.9 Å². The van der Waals surface area contributed by atoms with E-state index in [4.69, 9.17) is 0 Å². The molecular weight excluding hydrogens is 476 g/mol. The van der Waals surface area contributed by atoms with Crippen LogP contribution < -0.4 is 0 Å². The highest BCUT2D eigenvalue weighted by Gasteiger charge is 2.51. The van der Waals surface area contributed by atoms with E-state index in [1.165, 1.54) is 4.90 Å². The Morgan fingerprint density at radius 2 is 1.39 bits per heavy atom. The SMILES string of the molecule is C/C(=C\c1ccccc1)C(=O)N1[C@H]2CCC[C@@H]1[C@@H](C(=O)O)N(C(=O)C(c1ccccc1)c1ccccc1)C2. The van der Waals surface area contributed by atoms with Gasteiger partial charge in [-0.2, -0.15) is 0 Å². The molecule has 0 aromatic heterocycles. The van der Waals surface area contributed by atoms with Crippen molar-refractivity contribution in [2.24, 2.45) is 0 Å². The number of piperazine rings is 1. The molecule has 38 heavy (non-hydrogen) atoms. The predicted molar refractivity (Wildman–Crippen MR) is 146 cm³/mol. The monoisotopic (exact) mass is 508 g/mol. The van der Waals surface area contributed by atoms with Crippen molar-refractivity contribution in [3.05, 3.63) is 113 Å². The second kappa shape index (κ2) is 11.1. The van der Waals surface area contributed by atoms with Crippen molar-refractivity contribution in [3.8, 4) is 0 Å². The molecule has 2 amide bonds. The summed E-state index contributed by atoms with van der Waals surface area (Å²) in [7, 11) is 0. The fourth-order valence-corrected chi connectivity index (χ4v) is 5.99. The van der Waals surface area contributed by atoms with Gasteiger partial charge in [-0.15, -0.1) is 0 Å². The topological polar surface area (TPSA) is 77.9 Å². The van der Waals surface area contributed by atoms with Crippen molar-refractivity contribution in [3.63, 3.8) is 0 Å². The second-order valence-electron chi connectivity index (χ2n) is 10.1. The average molecular weight is 509 g/mol. The van der Waals surface area contributed by atoms with Gasteiger partial charge in [0.15, 0.2) is 0 Å². The summed E-state index contributed by atoms with van der Waals surface area (Å²) in [5, 5.41) is 10.4. The van der Waals surface area contributed by atoms with Crippen LogP contribution in [-0.2, 0) is 14.4 Å². The molecule has 0 radical (unpaired) electrons. The number of rotatable bonds is 6. The summed E-state index contributed by atoms with van der Waals surface area (Å²) in [5.41, 5.74) is 3.11. The van der Waals surface area contributed by atoms with Crippen LogP contribution in [0, 0.1) is 0 Å². The van der Waals surface area contributed by atoms with Crippen molar-refractivity contribution < 1.29 is 19.5 Å². The molecule has 0 aliphatic carbocycles. The average Bonchev–Trinajstić information content (AvgIpc) is 2.93. The molecule has 6 heteroatoms. The van der Waals surface area contributed by atoms with Gasteiger partial charge in [0.1, 0.15) is 6.04 Å². The lowest BCUT2D eigenvalue weighted by Gasteiger charge is -2.53. The molecule has 2 aliphatic heterocycles. The molecule has 2 aliphatic rings. The molecule has 3 aromatic rings. The van der Waals surface area contributed by atoms with Crippen LogP contribution in [0.2, 0.25) is 0 Å². The van der Waals surface area contributed by atoms with Crippen LogP contribution in [0.1, 0.15) is 48.8 Å². The standard InChI is InChI=1S/C32H32N2O4/c1-22(20-23-12-5-2-6-13-23)30(35)34-26-18-11-19-27(34)29(32(37)38)33(21-26)31(36)28(24-14-7-3-8-15-24)25-16-9-4-10-17-25/h2-10,12-17,20,26-29H,11,18-19,21H2,1H3,(H,37,38)/b22-20+/t26-,27+,29-/m0/s1. The number of benzene rings is 3. The van der Waals surface area contributed by atoms with Crippen LogP contribution in [0.25, 0.3) is 6.08 Å². The van der Waals surface area contributed by atoms with Gasteiger partial charge in [0.05, 0.1) is 18.0 Å². The van der Waals surface area contributed by atoms with Gasteiger partial charge >= 0.3 is 5.97 Å². The van der Waals surface area contributed by atoms with Crippen LogP contribution in [0.4, 0.5) is 0 Å². The molecule has 194 valence electrons. The Morgan fingerprint density at radius 3 is 1.95 bits per heavy atom. The van der Waals surface area contributed by atoms with Gasteiger partial charge < -0.3 is 14.9 Å². The molecule has 2 saturated heterocycles. The number of aliphatic carboxylic acids is 1. The van der Waals surface area contributed by atoms with Crippen molar-refractivity contribution in [2.45, 2.75) is 50.2 Å². The summed E-state index contributed by atoms with van der Waals surface area (Å²) in [4.78, 5) is 44.0. The van der Waals surface area contributed by atoms with Gasteiger partial charge in [-0.1, -0.05) is 91.0 Å². The Labute approximate surface area is 223 Å². The number of fused-ring (bicyclic) bond motifs is 2. The molecule has 2 bridgehead atoms. The number of hydrogen-bond donors (Lipinski definition) is 1. The summed E-state index contributed by atoms with van der Waals surface area (Å²) < 4.78 is 0. The lowest BCUT2D eigenvalue weighted by molar-refractivity contribution is -0.167. The van der Waals surface area contributed by atoms with E-state index >= 15 is 0 Å². The van der Waals surface area contributed by atoms with Gasteiger partial charge in [-0.05, 0) is 49.0 Å². The first-order valence-electron chi connectivity index (χ1n) is 13.1. The maximum Gasteiger partial charge on any atom is 0.328 e. The summed E-state index contributed by atoms with van der Waals surface area (Å²) >= 11 is 0. The summed E-state index contributed by atoms with van der Waals surface area (Å²) in [5.74, 6) is -2.10. The van der Waals surface area contributed by atoms with Crippen LogP contribution >= 0.6 is 0 Å². The normalized spacial score (nSPS) is 21.3. The number of carboxylic acids is 1. The number of amides is 2. The minimum atomic E-state index is -1.11. The molecule has 6 nitrogen and oxygen atoms in total. The summed E-state index contributed by atoms with van der Waals surface area (Å²) in [6.07, 6.45) is 3.95. The smallest absolute Gasteiger partial charge is 0.328 e. The van der Waals surface area contributed by atoms with Gasteiger partial charge in [0, 0.05) is 12.1 Å². The molecule has 0 unspecified atom stereocenters. The first kappa shape index (κ1) is 25.5. The van der Waals surface area contributed by atoms with Crippen LogP contribution in [0.15, 0.2) is 96.6 Å². The fraction of sp³-hybridized carbons (Fsp3) is 0.281. The Hall–Kier alpha value is -4.19. The Bertz CT molecular complexity index is 1280. The molecule has 2 fully saturated rings. The zero-order valence-electron chi connectivity index (χ0n) is 21.4. The predicted octanol–water partition coefficient (Wildman–Crippen LogP) is 4.97. The third-order valence-corrected chi connectivity index (χ3v) is 7.70. The summed E-state index contributed by atoms with van der Waals surface area (Å²) in [6, 6.07) is 26.7. The highest BCUT2D eigenvalue weighted by atomic mass is 16.4. The number of piperidine rings is 1. The van der Waals surface area contributed by atoms with E-state index < -0.39 is 24.0 Å². The summed E-state index contributed by atoms with van der Waals surface area (Å²) in [6.45, 7) is 1.98. The van der Waals surface area contributed by atoms with E-state index in [9.17, 15) is 19.5 Å². The first-order valence-corrected chi connectivity index (χ1v) is 13.1. The third kappa shape index (κ3) is 4.99. The van der Waals surface area contributed by atoms with Crippen LogP contribution in [0.3, 0.4) is 0 Å². The maximum absolute atomic E-state index is 14.2. The highest BCUT2D eigenvalue weighted by molar-refractivity contribution is 5.99. The van der Waals surface area contributed by atoms with E-state index in [0.717, 1.165) is 29.5 Å². The molecular formula is C32H32N2O4. The lowest BCUT2D eigenvalue weighted by atomic mass is 9.83. The van der Waals surface area contributed by atoms with Crippen LogP contribution in [-0.4, -0.2) is 57.4 Å².